The molecule has 4 nitrogen and oxygen atoms in total. The number of rotatable bonds is 7. The molecule has 1 N–H and O–H groups in total. The molecule has 0 amide bonds. The Kier molecular flexibility index (Phi) is 6.86. The molecule has 124 valence electrons. The molecule has 0 atom stereocenters. The van der Waals surface area contributed by atoms with Crippen molar-refractivity contribution in [3.63, 3.8) is 0 Å². The molecule has 0 unspecified atom stereocenters. The monoisotopic (exact) mass is 330 g/mol. The predicted molar refractivity (Wildman–Crippen MR) is 101 cm³/mol. The number of anilines is 1. The van der Waals surface area contributed by atoms with Gasteiger partial charge in [-0.3, -0.25) is 4.90 Å². The number of hydrogen-bond acceptors (Lipinski definition) is 5. The van der Waals surface area contributed by atoms with E-state index in [1.54, 1.807) is 18.1 Å². The van der Waals surface area contributed by atoms with Gasteiger partial charge in [0, 0.05) is 31.2 Å². The lowest BCUT2D eigenvalue weighted by Crippen LogP contribution is -2.40. The van der Waals surface area contributed by atoms with Gasteiger partial charge in [-0.15, -0.1) is 11.8 Å². The summed E-state index contributed by atoms with van der Waals surface area (Å²) in [5.74, 6) is 0.901. The molecule has 2 heterocycles. The number of nitrogens with zero attached hydrogens (tertiary/aromatic N) is 3. The van der Waals surface area contributed by atoms with E-state index in [4.69, 9.17) is 0 Å². The summed E-state index contributed by atoms with van der Waals surface area (Å²) >= 11 is 1.62. The molecule has 1 aromatic heterocycles. The van der Waals surface area contributed by atoms with Crippen LogP contribution in [0, 0.1) is 0 Å². The Balaban J connectivity index is 1.94. The molecule has 0 aromatic carbocycles. The first-order chi connectivity index (χ1) is 11.2. The van der Waals surface area contributed by atoms with Crippen LogP contribution in [0.5, 0.6) is 0 Å². The van der Waals surface area contributed by atoms with Crippen LogP contribution in [0.25, 0.3) is 6.08 Å². The zero-order chi connectivity index (χ0) is 16.7. The third kappa shape index (κ3) is 4.69. The van der Waals surface area contributed by atoms with Crippen molar-refractivity contribution in [2.45, 2.75) is 30.8 Å². The highest BCUT2D eigenvalue weighted by molar-refractivity contribution is 7.98. The molecule has 1 fully saturated rings. The lowest BCUT2D eigenvalue weighted by atomic mass is 10.0. The highest BCUT2D eigenvalue weighted by Crippen LogP contribution is 2.26. The van der Waals surface area contributed by atoms with E-state index in [2.05, 4.69) is 46.3 Å². The van der Waals surface area contributed by atoms with E-state index >= 15 is 0 Å². The third-order valence-corrected chi connectivity index (χ3v) is 4.92. The molecule has 1 aromatic rings. The van der Waals surface area contributed by atoms with Gasteiger partial charge in [-0.05, 0) is 31.6 Å². The minimum Gasteiger partial charge on any atom is -0.367 e. The maximum atomic E-state index is 4.40. The van der Waals surface area contributed by atoms with Gasteiger partial charge in [0.15, 0.2) is 0 Å². The van der Waals surface area contributed by atoms with Crippen LogP contribution in [0.2, 0.25) is 0 Å². The van der Waals surface area contributed by atoms with Crippen LogP contribution in [0.3, 0.4) is 0 Å². The molecule has 0 radical (unpaired) electrons. The van der Waals surface area contributed by atoms with Crippen LogP contribution in [0.4, 0.5) is 5.82 Å². The van der Waals surface area contributed by atoms with E-state index < -0.39 is 0 Å². The number of nitrogens with one attached hydrogen (secondary N) is 1. The SMILES string of the molecule is C=C/C(=C\C)CN1CCC(Nc2ncnc(SC)c2C=C)CC1. The van der Waals surface area contributed by atoms with Crippen molar-refractivity contribution in [3.05, 3.63) is 42.8 Å². The van der Waals surface area contributed by atoms with Gasteiger partial charge in [0.25, 0.3) is 0 Å². The summed E-state index contributed by atoms with van der Waals surface area (Å²) in [6.07, 6.45) is 11.8. The van der Waals surface area contributed by atoms with Gasteiger partial charge in [-0.1, -0.05) is 31.4 Å². The number of likely N-dealkylation sites (tertiary alicyclic amines) is 1. The van der Waals surface area contributed by atoms with Crippen molar-refractivity contribution in [3.8, 4) is 0 Å². The van der Waals surface area contributed by atoms with Crippen molar-refractivity contribution >= 4 is 23.7 Å². The molecule has 0 saturated carbocycles. The van der Waals surface area contributed by atoms with Crippen molar-refractivity contribution in [2.75, 3.05) is 31.2 Å². The highest BCUT2D eigenvalue weighted by Gasteiger charge is 2.20. The lowest BCUT2D eigenvalue weighted by Gasteiger charge is -2.33. The van der Waals surface area contributed by atoms with Crippen molar-refractivity contribution in [1.82, 2.24) is 14.9 Å². The molecule has 23 heavy (non-hydrogen) atoms. The van der Waals surface area contributed by atoms with Gasteiger partial charge >= 0.3 is 0 Å². The van der Waals surface area contributed by atoms with E-state index in [0.29, 0.717) is 6.04 Å². The van der Waals surface area contributed by atoms with E-state index in [-0.39, 0.29) is 0 Å². The Morgan fingerprint density at radius 1 is 1.39 bits per heavy atom. The quantitative estimate of drug-likeness (QED) is 0.467. The number of aromatic nitrogens is 2. The normalized spacial score (nSPS) is 17.0. The second-order valence-electron chi connectivity index (χ2n) is 5.61. The van der Waals surface area contributed by atoms with Crippen molar-refractivity contribution in [1.29, 1.82) is 0 Å². The predicted octanol–water partition coefficient (Wildman–Crippen LogP) is 3.85. The topological polar surface area (TPSA) is 41.0 Å². The summed E-state index contributed by atoms with van der Waals surface area (Å²) in [4.78, 5) is 11.2. The summed E-state index contributed by atoms with van der Waals surface area (Å²) in [6, 6.07) is 0.451. The van der Waals surface area contributed by atoms with Crippen LogP contribution in [-0.2, 0) is 0 Å². The molecule has 1 saturated heterocycles. The average molecular weight is 331 g/mol. The van der Waals surface area contributed by atoms with Crippen molar-refractivity contribution < 1.29 is 0 Å². The van der Waals surface area contributed by atoms with E-state index in [0.717, 1.165) is 48.9 Å². The van der Waals surface area contributed by atoms with Crippen LogP contribution in [0.15, 0.2) is 42.2 Å². The van der Waals surface area contributed by atoms with Gasteiger partial charge in [0.1, 0.15) is 17.2 Å². The Hall–Kier alpha value is -1.59. The summed E-state index contributed by atoms with van der Waals surface area (Å²) in [6.45, 7) is 13.0. The summed E-state index contributed by atoms with van der Waals surface area (Å²) in [5, 5.41) is 4.55. The zero-order valence-corrected chi connectivity index (χ0v) is 14.9. The third-order valence-electron chi connectivity index (χ3n) is 4.21. The standard InChI is InChI=1S/C18H26N4S/c1-5-14(6-2)12-22-10-8-15(9-11-22)21-17-16(7-3)18(23-4)20-13-19-17/h5-7,13,15H,1,3,8-12H2,2,4H3,(H,19,20,21)/b14-6+. The van der Waals surface area contributed by atoms with E-state index in [1.165, 1.54) is 5.57 Å². The van der Waals surface area contributed by atoms with Gasteiger partial charge in [-0.25, -0.2) is 9.97 Å². The molecule has 0 spiro atoms. The van der Waals surface area contributed by atoms with Crippen LogP contribution in [0.1, 0.15) is 25.3 Å². The van der Waals surface area contributed by atoms with Crippen LogP contribution >= 0.6 is 11.8 Å². The Bertz CT molecular complexity index is 574. The zero-order valence-electron chi connectivity index (χ0n) is 14.1. The number of allylic oxidation sites excluding steroid dienone is 1. The first-order valence-electron chi connectivity index (χ1n) is 7.99. The second-order valence-corrected chi connectivity index (χ2v) is 6.41. The maximum Gasteiger partial charge on any atom is 0.138 e. The second kappa shape index (κ2) is 8.89. The first-order valence-corrected chi connectivity index (χ1v) is 9.22. The summed E-state index contributed by atoms with van der Waals surface area (Å²) in [5.41, 5.74) is 2.30. The van der Waals surface area contributed by atoms with Gasteiger partial charge in [-0.2, -0.15) is 0 Å². The molecule has 0 bridgehead atoms. The first kappa shape index (κ1) is 17.8. The fourth-order valence-electron chi connectivity index (χ4n) is 2.80. The minimum atomic E-state index is 0.451. The van der Waals surface area contributed by atoms with Gasteiger partial charge in [0.2, 0.25) is 0 Å². The Morgan fingerprint density at radius 3 is 2.70 bits per heavy atom. The Labute approximate surface area is 143 Å². The smallest absolute Gasteiger partial charge is 0.138 e. The largest absolute Gasteiger partial charge is 0.367 e. The van der Waals surface area contributed by atoms with Crippen molar-refractivity contribution in [2.24, 2.45) is 0 Å². The number of hydrogen-bond donors (Lipinski definition) is 1. The summed E-state index contributed by atoms with van der Waals surface area (Å²) in [7, 11) is 0. The summed E-state index contributed by atoms with van der Waals surface area (Å²) < 4.78 is 0. The van der Waals surface area contributed by atoms with E-state index in [9.17, 15) is 0 Å². The molecular formula is C18H26N4S. The van der Waals surface area contributed by atoms with E-state index in [1.807, 2.05) is 18.4 Å². The van der Waals surface area contributed by atoms with Crippen LogP contribution in [-0.4, -0.2) is 46.8 Å². The molecule has 1 aliphatic heterocycles. The molecule has 5 heteroatoms. The Morgan fingerprint density at radius 2 is 2.13 bits per heavy atom. The average Bonchev–Trinajstić information content (AvgIpc) is 2.60. The van der Waals surface area contributed by atoms with Gasteiger partial charge < -0.3 is 5.32 Å². The molecule has 1 aliphatic rings. The molecule has 0 aliphatic carbocycles. The fraction of sp³-hybridized carbons (Fsp3) is 0.444. The molecule has 2 rings (SSSR count). The number of thioether (sulfide) groups is 1. The lowest BCUT2D eigenvalue weighted by molar-refractivity contribution is 0.237. The molecular weight excluding hydrogens is 304 g/mol. The fourth-order valence-corrected chi connectivity index (χ4v) is 3.35. The minimum absolute atomic E-state index is 0.451. The highest BCUT2D eigenvalue weighted by atomic mass is 32.2. The number of piperidine rings is 1. The van der Waals surface area contributed by atoms with Gasteiger partial charge in [0.05, 0.1) is 0 Å². The maximum absolute atomic E-state index is 4.40. The van der Waals surface area contributed by atoms with Crippen LogP contribution < -0.4 is 5.32 Å².